The number of nitrogens with one attached hydrogen (secondary N) is 1. The van der Waals surface area contributed by atoms with Crippen molar-refractivity contribution in [2.75, 3.05) is 43.6 Å². The van der Waals surface area contributed by atoms with Crippen LogP contribution in [0.2, 0.25) is 5.02 Å². The lowest BCUT2D eigenvalue weighted by molar-refractivity contribution is -0.116. The smallest absolute Gasteiger partial charge is 0.224 e. The van der Waals surface area contributed by atoms with Crippen LogP contribution in [0.25, 0.3) is 0 Å². The second-order valence-electron chi connectivity index (χ2n) is 6.12. The van der Waals surface area contributed by atoms with Gasteiger partial charge in [0.1, 0.15) is 5.75 Å². The Morgan fingerprint density at radius 2 is 2.00 bits per heavy atom. The van der Waals surface area contributed by atoms with Gasteiger partial charge in [-0.1, -0.05) is 29.8 Å². The highest BCUT2D eigenvalue weighted by Crippen LogP contribution is 2.30. The Kier molecular flexibility index (Phi) is 6.36. The van der Waals surface area contributed by atoms with E-state index in [9.17, 15) is 4.79 Å². The van der Waals surface area contributed by atoms with E-state index in [0.29, 0.717) is 31.1 Å². The maximum absolute atomic E-state index is 12.5. The van der Waals surface area contributed by atoms with Crippen LogP contribution >= 0.6 is 11.6 Å². The number of carbonyl (C=O) groups excluding carboxylic acids is 1. The minimum Gasteiger partial charge on any atom is -0.496 e. The van der Waals surface area contributed by atoms with Gasteiger partial charge in [0, 0.05) is 24.5 Å². The van der Waals surface area contributed by atoms with Gasteiger partial charge in [-0.15, -0.1) is 0 Å². The SMILES string of the molecule is COc1ccccc1CCC(=O)Nc1cc(Cl)ccc1N1CCOCC1. The molecular formula is C20H23ClN2O3. The normalized spacial score (nSPS) is 14.2. The lowest BCUT2D eigenvalue weighted by Crippen LogP contribution is -2.36. The highest BCUT2D eigenvalue weighted by atomic mass is 35.5. The number of para-hydroxylation sites is 1. The molecule has 5 nitrogen and oxygen atoms in total. The third kappa shape index (κ3) is 4.68. The Hall–Kier alpha value is -2.24. The van der Waals surface area contributed by atoms with Crippen molar-refractivity contribution in [1.29, 1.82) is 0 Å². The predicted molar refractivity (Wildman–Crippen MR) is 104 cm³/mol. The molecule has 0 unspecified atom stereocenters. The van der Waals surface area contributed by atoms with E-state index < -0.39 is 0 Å². The molecule has 6 heteroatoms. The van der Waals surface area contributed by atoms with Crippen LogP contribution in [0.1, 0.15) is 12.0 Å². The third-order valence-corrected chi connectivity index (χ3v) is 4.63. The number of hydrogen-bond donors (Lipinski definition) is 1. The second kappa shape index (κ2) is 8.92. The number of aryl methyl sites for hydroxylation is 1. The monoisotopic (exact) mass is 374 g/mol. The van der Waals surface area contributed by atoms with Crippen LogP contribution in [-0.4, -0.2) is 39.3 Å². The Labute approximate surface area is 158 Å². The van der Waals surface area contributed by atoms with E-state index in [1.54, 1.807) is 13.2 Å². The van der Waals surface area contributed by atoms with Crippen LogP contribution in [0.5, 0.6) is 5.75 Å². The zero-order chi connectivity index (χ0) is 18.4. The summed E-state index contributed by atoms with van der Waals surface area (Å²) in [7, 11) is 1.64. The molecular weight excluding hydrogens is 352 g/mol. The van der Waals surface area contributed by atoms with Crippen molar-refractivity contribution in [2.24, 2.45) is 0 Å². The van der Waals surface area contributed by atoms with Crippen molar-refractivity contribution in [2.45, 2.75) is 12.8 Å². The van der Waals surface area contributed by atoms with Gasteiger partial charge in [0.2, 0.25) is 5.91 Å². The maximum Gasteiger partial charge on any atom is 0.224 e. The molecule has 1 heterocycles. The first-order valence-electron chi connectivity index (χ1n) is 8.71. The van der Waals surface area contributed by atoms with Crippen molar-refractivity contribution < 1.29 is 14.3 Å². The van der Waals surface area contributed by atoms with E-state index >= 15 is 0 Å². The molecule has 0 saturated carbocycles. The zero-order valence-electron chi connectivity index (χ0n) is 14.8. The Bertz CT molecular complexity index is 760. The van der Waals surface area contributed by atoms with Crippen molar-refractivity contribution >= 4 is 28.9 Å². The molecule has 0 radical (unpaired) electrons. The standard InChI is InChI=1S/C20H23ClN2O3/c1-25-19-5-3-2-4-15(19)6-9-20(24)22-17-14-16(21)7-8-18(17)23-10-12-26-13-11-23/h2-5,7-8,14H,6,9-13H2,1H3,(H,22,24). The minimum absolute atomic E-state index is 0.0484. The van der Waals surface area contributed by atoms with Crippen LogP contribution in [0.15, 0.2) is 42.5 Å². The molecule has 0 atom stereocenters. The summed E-state index contributed by atoms with van der Waals surface area (Å²) in [4.78, 5) is 14.7. The van der Waals surface area contributed by atoms with Gasteiger partial charge in [-0.2, -0.15) is 0 Å². The summed E-state index contributed by atoms with van der Waals surface area (Å²) in [5.74, 6) is 0.754. The molecule has 1 fully saturated rings. The van der Waals surface area contributed by atoms with Gasteiger partial charge in [0.15, 0.2) is 0 Å². The van der Waals surface area contributed by atoms with E-state index in [-0.39, 0.29) is 5.91 Å². The molecule has 1 aliphatic heterocycles. The van der Waals surface area contributed by atoms with Crippen LogP contribution in [0, 0.1) is 0 Å². The summed E-state index contributed by atoms with van der Waals surface area (Å²) in [6.45, 7) is 2.96. The first kappa shape index (κ1) is 18.5. The van der Waals surface area contributed by atoms with Gasteiger partial charge < -0.3 is 19.7 Å². The summed E-state index contributed by atoms with van der Waals surface area (Å²) >= 11 is 6.14. The number of anilines is 2. The highest BCUT2D eigenvalue weighted by Gasteiger charge is 2.17. The van der Waals surface area contributed by atoms with Gasteiger partial charge in [-0.25, -0.2) is 0 Å². The predicted octanol–water partition coefficient (Wildman–Crippen LogP) is 3.76. The average molecular weight is 375 g/mol. The zero-order valence-corrected chi connectivity index (χ0v) is 15.6. The molecule has 0 bridgehead atoms. The number of ether oxygens (including phenoxy) is 2. The van der Waals surface area contributed by atoms with E-state index in [1.807, 2.05) is 36.4 Å². The first-order chi connectivity index (χ1) is 12.7. The number of nitrogens with zero attached hydrogens (tertiary/aromatic N) is 1. The number of methoxy groups -OCH3 is 1. The molecule has 1 N–H and O–H groups in total. The Balaban J connectivity index is 1.67. The fourth-order valence-corrected chi connectivity index (χ4v) is 3.23. The molecule has 0 aliphatic carbocycles. The van der Waals surface area contributed by atoms with Crippen LogP contribution in [-0.2, 0) is 16.0 Å². The molecule has 0 spiro atoms. The number of hydrogen-bond acceptors (Lipinski definition) is 4. The van der Waals surface area contributed by atoms with E-state index in [2.05, 4.69) is 10.2 Å². The number of benzene rings is 2. The molecule has 2 aromatic rings. The largest absolute Gasteiger partial charge is 0.496 e. The van der Waals surface area contributed by atoms with Gasteiger partial charge in [-0.3, -0.25) is 4.79 Å². The van der Waals surface area contributed by atoms with Crippen molar-refractivity contribution in [3.63, 3.8) is 0 Å². The number of morpholine rings is 1. The maximum atomic E-state index is 12.5. The van der Waals surface area contributed by atoms with E-state index in [0.717, 1.165) is 35.8 Å². The van der Waals surface area contributed by atoms with E-state index in [4.69, 9.17) is 21.1 Å². The van der Waals surface area contributed by atoms with Gasteiger partial charge in [0.25, 0.3) is 0 Å². The summed E-state index contributed by atoms with van der Waals surface area (Å²) in [6.07, 6.45) is 0.985. The van der Waals surface area contributed by atoms with Gasteiger partial charge in [-0.05, 0) is 36.2 Å². The van der Waals surface area contributed by atoms with Crippen LogP contribution in [0.3, 0.4) is 0 Å². The topological polar surface area (TPSA) is 50.8 Å². The Morgan fingerprint density at radius 1 is 1.23 bits per heavy atom. The Morgan fingerprint density at radius 3 is 2.77 bits per heavy atom. The summed E-state index contributed by atoms with van der Waals surface area (Å²) < 4.78 is 10.8. The van der Waals surface area contributed by atoms with Gasteiger partial charge in [0.05, 0.1) is 31.7 Å². The fourth-order valence-electron chi connectivity index (χ4n) is 3.06. The summed E-state index contributed by atoms with van der Waals surface area (Å²) in [5, 5.41) is 3.61. The van der Waals surface area contributed by atoms with Crippen molar-refractivity contribution in [3.05, 3.63) is 53.1 Å². The molecule has 1 saturated heterocycles. The molecule has 0 aromatic heterocycles. The average Bonchev–Trinajstić information content (AvgIpc) is 2.67. The number of amides is 1. The molecule has 2 aromatic carbocycles. The quantitative estimate of drug-likeness (QED) is 0.836. The number of rotatable bonds is 6. The number of halogens is 1. The highest BCUT2D eigenvalue weighted by molar-refractivity contribution is 6.31. The molecule has 1 aliphatic rings. The lowest BCUT2D eigenvalue weighted by Gasteiger charge is -2.30. The van der Waals surface area contributed by atoms with Crippen molar-refractivity contribution in [3.8, 4) is 5.75 Å². The lowest BCUT2D eigenvalue weighted by atomic mass is 10.1. The summed E-state index contributed by atoms with van der Waals surface area (Å²) in [5.41, 5.74) is 2.73. The summed E-state index contributed by atoms with van der Waals surface area (Å²) in [6, 6.07) is 13.3. The van der Waals surface area contributed by atoms with Gasteiger partial charge >= 0.3 is 0 Å². The van der Waals surface area contributed by atoms with E-state index in [1.165, 1.54) is 0 Å². The van der Waals surface area contributed by atoms with Crippen LogP contribution in [0.4, 0.5) is 11.4 Å². The molecule has 138 valence electrons. The number of carbonyl (C=O) groups is 1. The van der Waals surface area contributed by atoms with Crippen LogP contribution < -0.4 is 15.0 Å². The molecule has 3 rings (SSSR count). The van der Waals surface area contributed by atoms with Crippen molar-refractivity contribution in [1.82, 2.24) is 0 Å². The third-order valence-electron chi connectivity index (χ3n) is 4.40. The molecule has 26 heavy (non-hydrogen) atoms. The fraction of sp³-hybridized carbons (Fsp3) is 0.350. The minimum atomic E-state index is -0.0484. The molecule has 1 amide bonds. The first-order valence-corrected chi connectivity index (χ1v) is 9.09. The second-order valence-corrected chi connectivity index (χ2v) is 6.56.